The van der Waals surface area contributed by atoms with E-state index in [0.717, 1.165) is 13.0 Å². The Hall–Kier alpha value is -1.39. The van der Waals surface area contributed by atoms with Gasteiger partial charge in [-0.3, -0.25) is 9.69 Å². The first-order valence-electron chi connectivity index (χ1n) is 6.30. The van der Waals surface area contributed by atoms with Crippen molar-refractivity contribution in [2.24, 2.45) is 5.73 Å². The third-order valence-corrected chi connectivity index (χ3v) is 3.72. The number of hydrogen-bond donors (Lipinski definition) is 1. The summed E-state index contributed by atoms with van der Waals surface area (Å²) in [5.41, 5.74) is 8.47. The summed E-state index contributed by atoms with van der Waals surface area (Å²) in [6, 6.07) is 8.15. The number of rotatable bonds is 3. The van der Waals surface area contributed by atoms with Gasteiger partial charge in [-0.25, -0.2) is 0 Å². The van der Waals surface area contributed by atoms with Crippen LogP contribution in [0.25, 0.3) is 0 Å². The summed E-state index contributed by atoms with van der Waals surface area (Å²) in [6.45, 7) is 3.23. The van der Waals surface area contributed by atoms with Gasteiger partial charge in [0.05, 0.1) is 7.11 Å². The minimum absolute atomic E-state index is 0.101. The van der Waals surface area contributed by atoms with E-state index in [-0.39, 0.29) is 18.1 Å². The van der Waals surface area contributed by atoms with Crippen molar-refractivity contribution in [1.82, 2.24) is 4.90 Å². The summed E-state index contributed by atoms with van der Waals surface area (Å²) < 4.78 is 4.82. The number of carbonyl (C=O) groups is 1. The van der Waals surface area contributed by atoms with Crippen molar-refractivity contribution < 1.29 is 9.53 Å². The maximum absolute atomic E-state index is 11.7. The molecule has 0 saturated heterocycles. The van der Waals surface area contributed by atoms with E-state index in [2.05, 4.69) is 17.0 Å². The molecular weight excluding hydrogens is 228 g/mol. The van der Waals surface area contributed by atoms with Gasteiger partial charge in [-0.15, -0.1) is 0 Å². The van der Waals surface area contributed by atoms with Crippen molar-refractivity contribution in [2.45, 2.75) is 25.4 Å². The van der Waals surface area contributed by atoms with Crippen LogP contribution in [-0.4, -0.2) is 37.1 Å². The van der Waals surface area contributed by atoms with Crippen LogP contribution >= 0.6 is 0 Å². The quantitative estimate of drug-likeness (QED) is 0.814. The molecule has 0 aliphatic carbocycles. The van der Waals surface area contributed by atoms with Crippen LogP contribution in [-0.2, 0) is 16.0 Å². The van der Waals surface area contributed by atoms with Crippen LogP contribution in [0.3, 0.4) is 0 Å². The second-order valence-electron chi connectivity index (χ2n) is 4.64. The molecule has 2 unspecified atom stereocenters. The highest BCUT2D eigenvalue weighted by atomic mass is 16.5. The van der Waals surface area contributed by atoms with Gasteiger partial charge >= 0.3 is 5.97 Å². The molecule has 4 heteroatoms. The zero-order chi connectivity index (χ0) is 13.1. The lowest BCUT2D eigenvalue weighted by atomic mass is 9.91. The molecule has 98 valence electrons. The van der Waals surface area contributed by atoms with E-state index < -0.39 is 0 Å². The van der Waals surface area contributed by atoms with Gasteiger partial charge in [0.1, 0.15) is 6.04 Å². The van der Waals surface area contributed by atoms with Gasteiger partial charge in [0, 0.05) is 19.1 Å². The molecule has 0 aromatic heterocycles. The summed E-state index contributed by atoms with van der Waals surface area (Å²) in [5, 5.41) is 0. The number of fused-ring (bicyclic) bond motifs is 1. The van der Waals surface area contributed by atoms with Gasteiger partial charge in [-0.1, -0.05) is 24.3 Å². The summed E-state index contributed by atoms with van der Waals surface area (Å²) in [7, 11) is 1.42. The zero-order valence-corrected chi connectivity index (χ0v) is 10.9. The number of ether oxygens (including phenoxy) is 1. The van der Waals surface area contributed by atoms with E-state index in [9.17, 15) is 4.79 Å². The Morgan fingerprint density at radius 1 is 1.56 bits per heavy atom. The molecule has 0 radical (unpaired) electrons. The number of hydrogen-bond acceptors (Lipinski definition) is 4. The number of esters is 1. The fraction of sp³-hybridized carbons (Fsp3) is 0.500. The Morgan fingerprint density at radius 2 is 2.28 bits per heavy atom. The van der Waals surface area contributed by atoms with Crippen LogP contribution in [0.5, 0.6) is 0 Å². The third-order valence-electron chi connectivity index (χ3n) is 3.72. The largest absolute Gasteiger partial charge is 0.468 e. The first kappa shape index (κ1) is 13.1. The third kappa shape index (κ3) is 2.26. The highest BCUT2D eigenvalue weighted by Gasteiger charge is 2.32. The van der Waals surface area contributed by atoms with Gasteiger partial charge in [0.2, 0.25) is 0 Å². The summed E-state index contributed by atoms with van der Waals surface area (Å²) >= 11 is 0. The summed E-state index contributed by atoms with van der Waals surface area (Å²) in [6.07, 6.45) is 0.952. The second kappa shape index (κ2) is 5.50. The lowest BCUT2D eigenvalue weighted by Crippen LogP contribution is -2.47. The second-order valence-corrected chi connectivity index (χ2v) is 4.64. The van der Waals surface area contributed by atoms with Crippen molar-refractivity contribution in [1.29, 1.82) is 0 Å². The average Bonchev–Trinajstić information content (AvgIpc) is 2.44. The van der Waals surface area contributed by atoms with Crippen LogP contribution < -0.4 is 5.73 Å². The van der Waals surface area contributed by atoms with Crippen molar-refractivity contribution >= 4 is 5.97 Å². The van der Waals surface area contributed by atoms with Crippen LogP contribution in [0.1, 0.15) is 24.1 Å². The maximum Gasteiger partial charge on any atom is 0.322 e. The van der Waals surface area contributed by atoms with Gasteiger partial charge in [0.15, 0.2) is 0 Å². The lowest BCUT2D eigenvalue weighted by molar-refractivity contribution is -0.147. The number of benzene rings is 1. The van der Waals surface area contributed by atoms with E-state index in [1.807, 2.05) is 19.1 Å². The fourth-order valence-electron chi connectivity index (χ4n) is 2.70. The maximum atomic E-state index is 11.7. The monoisotopic (exact) mass is 248 g/mol. The SMILES string of the molecule is COC(=O)C(C)N1CCc2ccccc2C1CN. The van der Waals surface area contributed by atoms with Crippen LogP contribution in [0, 0.1) is 0 Å². The Kier molecular flexibility index (Phi) is 3.99. The molecule has 0 fully saturated rings. The van der Waals surface area contributed by atoms with Crippen LogP contribution in [0.15, 0.2) is 24.3 Å². The molecular formula is C14H20N2O2. The smallest absolute Gasteiger partial charge is 0.322 e. The van der Waals surface area contributed by atoms with E-state index in [0.29, 0.717) is 6.54 Å². The summed E-state index contributed by atoms with van der Waals surface area (Å²) in [5.74, 6) is -0.201. The molecule has 0 bridgehead atoms. The van der Waals surface area contributed by atoms with Crippen LogP contribution in [0.2, 0.25) is 0 Å². The molecule has 1 aromatic carbocycles. The first-order chi connectivity index (χ1) is 8.69. The van der Waals surface area contributed by atoms with Gasteiger partial charge in [-0.2, -0.15) is 0 Å². The van der Waals surface area contributed by atoms with E-state index in [1.54, 1.807) is 0 Å². The minimum Gasteiger partial charge on any atom is -0.468 e. The molecule has 0 saturated carbocycles. The predicted octanol–water partition coefficient (Wildman–Crippen LogP) is 1.11. The Balaban J connectivity index is 2.28. The van der Waals surface area contributed by atoms with Crippen molar-refractivity contribution in [2.75, 3.05) is 20.2 Å². The molecule has 2 N–H and O–H groups in total. The van der Waals surface area contributed by atoms with E-state index >= 15 is 0 Å². The van der Waals surface area contributed by atoms with Crippen molar-refractivity contribution in [3.63, 3.8) is 0 Å². The number of nitrogens with two attached hydrogens (primary N) is 1. The number of methoxy groups -OCH3 is 1. The lowest BCUT2D eigenvalue weighted by Gasteiger charge is -2.39. The number of carbonyl (C=O) groups excluding carboxylic acids is 1. The molecule has 0 amide bonds. The van der Waals surface area contributed by atoms with Crippen molar-refractivity contribution in [3.8, 4) is 0 Å². The molecule has 2 rings (SSSR count). The molecule has 1 aliphatic heterocycles. The zero-order valence-electron chi connectivity index (χ0n) is 10.9. The van der Waals surface area contributed by atoms with E-state index in [1.165, 1.54) is 18.2 Å². The molecule has 1 heterocycles. The standard InChI is InChI=1S/C14H20N2O2/c1-10(14(17)18-2)16-8-7-11-5-3-4-6-12(11)13(16)9-15/h3-6,10,13H,7-9,15H2,1-2H3. The van der Waals surface area contributed by atoms with E-state index in [4.69, 9.17) is 10.5 Å². The Labute approximate surface area is 108 Å². The van der Waals surface area contributed by atoms with Crippen LogP contribution in [0.4, 0.5) is 0 Å². The molecule has 1 aliphatic rings. The molecule has 2 atom stereocenters. The predicted molar refractivity (Wildman–Crippen MR) is 70.1 cm³/mol. The van der Waals surface area contributed by atoms with Gasteiger partial charge in [-0.05, 0) is 24.5 Å². The van der Waals surface area contributed by atoms with Crippen molar-refractivity contribution in [3.05, 3.63) is 35.4 Å². The molecule has 1 aromatic rings. The molecule has 4 nitrogen and oxygen atoms in total. The Bertz CT molecular complexity index is 434. The molecule has 0 spiro atoms. The van der Waals surface area contributed by atoms with Gasteiger partial charge in [0.25, 0.3) is 0 Å². The minimum atomic E-state index is -0.253. The Morgan fingerprint density at radius 3 is 2.94 bits per heavy atom. The highest BCUT2D eigenvalue weighted by molar-refractivity contribution is 5.75. The first-order valence-corrected chi connectivity index (χ1v) is 6.30. The summed E-state index contributed by atoms with van der Waals surface area (Å²) in [4.78, 5) is 13.8. The topological polar surface area (TPSA) is 55.6 Å². The average molecular weight is 248 g/mol. The molecule has 18 heavy (non-hydrogen) atoms. The normalized spacial score (nSPS) is 21.2. The fourth-order valence-corrected chi connectivity index (χ4v) is 2.70. The number of nitrogens with zero attached hydrogens (tertiary/aromatic N) is 1. The van der Waals surface area contributed by atoms with Gasteiger partial charge < -0.3 is 10.5 Å². The highest BCUT2D eigenvalue weighted by Crippen LogP contribution is 2.30.